The topological polar surface area (TPSA) is 12.5 Å². The highest BCUT2D eigenvalue weighted by Crippen LogP contribution is 2.54. The lowest BCUT2D eigenvalue weighted by Crippen LogP contribution is -2.70. The minimum atomic E-state index is 0.392. The van der Waals surface area contributed by atoms with Crippen molar-refractivity contribution in [2.75, 3.05) is 26.8 Å². The Bertz CT molecular complexity index is 326. The first kappa shape index (κ1) is 13.0. The van der Waals surface area contributed by atoms with Crippen LogP contribution >= 0.6 is 0 Å². The van der Waals surface area contributed by atoms with Gasteiger partial charge >= 0.3 is 0 Å². The van der Waals surface area contributed by atoms with Crippen LogP contribution < -0.4 is 0 Å². The van der Waals surface area contributed by atoms with Crippen molar-refractivity contribution in [1.29, 1.82) is 0 Å². The standard InChI is InChI=1S/C15H28BNO/c1-11-8-14(2,16)6-4-12-5-7-17(3)15(13(11)12)9-18-10-15/h11-13H,4-10,16H2,1-3H3. The molecule has 0 bridgehead atoms. The predicted molar refractivity (Wildman–Crippen MR) is 77.7 cm³/mol. The third-order valence-corrected chi connectivity index (χ3v) is 6.11. The van der Waals surface area contributed by atoms with Crippen molar-refractivity contribution in [2.45, 2.75) is 50.4 Å². The van der Waals surface area contributed by atoms with Crippen molar-refractivity contribution in [1.82, 2.24) is 4.90 Å². The first-order chi connectivity index (χ1) is 8.45. The van der Waals surface area contributed by atoms with E-state index in [0.29, 0.717) is 10.9 Å². The number of nitrogens with zero attached hydrogens (tertiary/aromatic N) is 1. The Morgan fingerprint density at radius 3 is 2.61 bits per heavy atom. The first-order valence-electron chi connectivity index (χ1n) is 7.74. The number of hydrogen-bond donors (Lipinski definition) is 0. The van der Waals surface area contributed by atoms with Crippen LogP contribution in [0, 0.1) is 17.8 Å². The van der Waals surface area contributed by atoms with Gasteiger partial charge in [-0.05, 0) is 37.8 Å². The second-order valence-electron chi connectivity index (χ2n) is 7.98. The molecule has 3 fully saturated rings. The zero-order chi connectivity index (χ0) is 13.0. The largest absolute Gasteiger partial charge is 0.377 e. The van der Waals surface area contributed by atoms with Crippen molar-refractivity contribution in [2.24, 2.45) is 17.8 Å². The van der Waals surface area contributed by atoms with Crippen molar-refractivity contribution >= 4 is 7.85 Å². The summed E-state index contributed by atoms with van der Waals surface area (Å²) in [5, 5.41) is 0.543. The van der Waals surface area contributed by atoms with E-state index < -0.39 is 0 Å². The second kappa shape index (κ2) is 4.24. The number of fused-ring (bicyclic) bond motifs is 2. The third-order valence-electron chi connectivity index (χ3n) is 6.11. The molecule has 0 radical (unpaired) electrons. The van der Waals surface area contributed by atoms with Gasteiger partial charge in [0.1, 0.15) is 7.85 Å². The van der Waals surface area contributed by atoms with E-state index >= 15 is 0 Å². The zero-order valence-corrected chi connectivity index (χ0v) is 12.5. The molecule has 0 amide bonds. The van der Waals surface area contributed by atoms with Gasteiger partial charge in [0.2, 0.25) is 0 Å². The summed E-state index contributed by atoms with van der Waals surface area (Å²) in [6.45, 7) is 8.21. The van der Waals surface area contributed by atoms with Crippen LogP contribution in [-0.4, -0.2) is 45.1 Å². The molecule has 2 saturated heterocycles. The molecule has 4 atom stereocenters. The van der Waals surface area contributed by atoms with E-state index in [0.717, 1.165) is 31.0 Å². The van der Waals surface area contributed by atoms with Gasteiger partial charge in [-0.2, -0.15) is 0 Å². The molecule has 0 aromatic carbocycles. The zero-order valence-electron chi connectivity index (χ0n) is 12.5. The molecule has 0 N–H and O–H groups in total. The Hall–Kier alpha value is -0.0151. The van der Waals surface area contributed by atoms with Crippen molar-refractivity contribution in [3.63, 3.8) is 0 Å². The molecule has 4 unspecified atom stereocenters. The monoisotopic (exact) mass is 249 g/mol. The van der Waals surface area contributed by atoms with Gasteiger partial charge in [-0.3, -0.25) is 4.90 Å². The van der Waals surface area contributed by atoms with Gasteiger partial charge < -0.3 is 4.74 Å². The first-order valence-corrected chi connectivity index (χ1v) is 7.74. The lowest BCUT2D eigenvalue weighted by atomic mass is 9.61. The highest BCUT2D eigenvalue weighted by molar-refractivity contribution is 6.14. The van der Waals surface area contributed by atoms with E-state index in [-0.39, 0.29) is 0 Å². The van der Waals surface area contributed by atoms with E-state index in [1.165, 1.54) is 32.2 Å². The minimum absolute atomic E-state index is 0.392. The van der Waals surface area contributed by atoms with E-state index in [1.807, 2.05) is 0 Å². The Kier molecular flexibility index (Phi) is 3.06. The summed E-state index contributed by atoms with van der Waals surface area (Å²) in [7, 11) is 4.79. The molecule has 18 heavy (non-hydrogen) atoms. The Balaban J connectivity index is 1.90. The molecule has 1 aliphatic carbocycles. The van der Waals surface area contributed by atoms with Gasteiger partial charge in [0, 0.05) is 0 Å². The summed E-state index contributed by atoms with van der Waals surface area (Å²) < 4.78 is 5.63. The molecule has 0 aromatic rings. The summed E-state index contributed by atoms with van der Waals surface area (Å²) in [6, 6.07) is 0. The number of likely N-dealkylation sites (tertiary alicyclic amines) is 1. The Morgan fingerprint density at radius 1 is 1.28 bits per heavy atom. The number of likely N-dealkylation sites (N-methyl/N-ethyl adjacent to an activating group) is 1. The number of rotatable bonds is 0. The fraction of sp³-hybridized carbons (Fsp3) is 1.00. The van der Waals surface area contributed by atoms with Gasteiger partial charge in [0.05, 0.1) is 18.8 Å². The van der Waals surface area contributed by atoms with E-state index in [4.69, 9.17) is 4.74 Å². The molecule has 1 saturated carbocycles. The fourth-order valence-electron chi connectivity index (χ4n) is 5.17. The van der Waals surface area contributed by atoms with Crippen LogP contribution in [0.3, 0.4) is 0 Å². The molecule has 1 spiro atoms. The normalized spacial score (nSPS) is 48.3. The van der Waals surface area contributed by atoms with Crippen LogP contribution in [0.5, 0.6) is 0 Å². The third kappa shape index (κ3) is 1.86. The molecular weight excluding hydrogens is 221 g/mol. The van der Waals surface area contributed by atoms with Crippen LogP contribution in [0.1, 0.15) is 39.5 Å². The van der Waals surface area contributed by atoms with Crippen LogP contribution in [0.4, 0.5) is 0 Å². The number of piperidine rings is 1. The quantitative estimate of drug-likeness (QED) is 0.608. The molecule has 3 heteroatoms. The molecule has 3 rings (SSSR count). The number of ether oxygens (including phenoxy) is 1. The minimum Gasteiger partial charge on any atom is -0.377 e. The van der Waals surface area contributed by atoms with Crippen LogP contribution in [-0.2, 0) is 4.74 Å². The van der Waals surface area contributed by atoms with Crippen molar-refractivity contribution in [3.05, 3.63) is 0 Å². The molecule has 102 valence electrons. The molecule has 2 heterocycles. The lowest BCUT2D eigenvalue weighted by molar-refractivity contribution is -0.200. The predicted octanol–water partition coefficient (Wildman–Crippen LogP) is 1.95. The molecule has 2 nitrogen and oxygen atoms in total. The Labute approximate surface area is 113 Å². The molecule has 2 aliphatic heterocycles. The van der Waals surface area contributed by atoms with Crippen molar-refractivity contribution in [3.8, 4) is 0 Å². The van der Waals surface area contributed by atoms with Gasteiger partial charge in [0.15, 0.2) is 0 Å². The summed E-state index contributed by atoms with van der Waals surface area (Å²) in [6.07, 6.45) is 5.66. The van der Waals surface area contributed by atoms with E-state index in [9.17, 15) is 0 Å². The van der Waals surface area contributed by atoms with Gasteiger partial charge in [-0.25, -0.2) is 0 Å². The second-order valence-corrected chi connectivity index (χ2v) is 7.98. The lowest BCUT2D eigenvalue weighted by Gasteiger charge is -2.59. The maximum atomic E-state index is 5.63. The van der Waals surface area contributed by atoms with Gasteiger partial charge in [-0.15, -0.1) is 0 Å². The maximum absolute atomic E-state index is 5.63. The van der Waals surface area contributed by atoms with Crippen molar-refractivity contribution < 1.29 is 4.74 Å². The Morgan fingerprint density at radius 2 is 2.00 bits per heavy atom. The van der Waals surface area contributed by atoms with Gasteiger partial charge in [0.25, 0.3) is 0 Å². The van der Waals surface area contributed by atoms with E-state index in [2.05, 4.69) is 33.6 Å². The smallest absolute Gasteiger partial charge is 0.109 e. The summed E-state index contributed by atoms with van der Waals surface area (Å²) in [5.74, 6) is 2.66. The summed E-state index contributed by atoms with van der Waals surface area (Å²) in [5.41, 5.74) is 0.392. The molecule has 0 aromatic heterocycles. The summed E-state index contributed by atoms with van der Waals surface area (Å²) >= 11 is 0. The fourth-order valence-corrected chi connectivity index (χ4v) is 5.17. The van der Waals surface area contributed by atoms with Crippen LogP contribution in [0.25, 0.3) is 0 Å². The average molecular weight is 249 g/mol. The molecule has 3 aliphatic rings. The molecular formula is C15H28BNO. The SMILES string of the molecule is BC1(C)CCC2CCN(C)C3(COC3)C2C(C)C1. The average Bonchev–Trinajstić information content (AvgIpc) is 2.34. The maximum Gasteiger partial charge on any atom is 0.109 e. The summed E-state index contributed by atoms with van der Waals surface area (Å²) in [4.78, 5) is 2.62. The van der Waals surface area contributed by atoms with Crippen LogP contribution in [0.15, 0.2) is 0 Å². The highest BCUT2D eigenvalue weighted by atomic mass is 16.5. The van der Waals surface area contributed by atoms with Crippen LogP contribution in [0.2, 0.25) is 5.31 Å². The van der Waals surface area contributed by atoms with Gasteiger partial charge in [-0.1, -0.05) is 38.4 Å². The van der Waals surface area contributed by atoms with E-state index in [1.54, 1.807) is 0 Å². The highest BCUT2D eigenvalue weighted by Gasteiger charge is 2.56. The number of hydrogen-bond acceptors (Lipinski definition) is 2.